The first-order valence-electron chi connectivity index (χ1n) is 4.69. The van der Waals surface area contributed by atoms with Crippen molar-refractivity contribution in [1.29, 1.82) is 0 Å². The fourth-order valence-electron chi connectivity index (χ4n) is 1.30. The third kappa shape index (κ3) is 2.51. The lowest BCUT2D eigenvalue weighted by Crippen LogP contribution is -1.97. The van der Waals surface area contributed by atoms with E-state index < -0.39 is 0 Å². The molecule has 0 aliphatic rings. The molecule has 0 atom stereocenters. The highest BCUT2D eigenvalue weighted by atomic mass is 79.9. The summed E-state index contributed by atoms with van der Waals surface area (Å²) in [5, 5.41) is 4.02. The Hall–Kier alpha value is -1.13. The second-order valence-corrected chi connectivity index (χ2v) is 4.83. The van der Waals surface area contributed by atoms with Crippen molar-refractivity contribution in [3.8, 4) is 5.75 Å². The highest BCUT2D eigenvalue weighted by molar-refractivity contribution is 9.10. The molecule has 16 heavy (non-hydrogen) atoms. The molecule has 0 saturated carbocycles. The summed E-state index contributed by atoms with van der Waals surface area (Å²) in [6.45, 7) is 0.479. The van der Waals surface area contributed by atoms with Crippen molar-refractivity contribution in [3.05, 3.63) is 50.6 Å². The van der Waals surface area contributed by atoms with Crippen molar-refractivity contribution in [2.45, 2.75) is 6.61 Å². The zero-order valence-corrected chi connectivity index (χ0v) is 10.8. The molecule has 0 radical (unpaired) electrons. The molecule has 82 valence electrons. The lowest BCUT2D eigenvalue weighted by molar-refractivity contribution is 0.111. The molecule has 2 aromatic rings. The Labute approximate surface area is 106 Å². The van der Waals surface area contributed by atoms with Crippen LogP contribution < -0.4 is 4.74 Å². The van der Waals surface area contributed by atoms with Crippen molar-refractivity contribution in [3.63, 3.8) is 0 Å². The predicted molar refractivity (Wildman–Crippen MR) is 68.2 cm³/mol. The normalized spacial score (nSPS) is 10.1. The number of hydrogen-bond acceptors (Lipinski definition) is 3. The van der Waals surface area contributed by atoms with Crippen LogP contribution in [0.25, 0.3) is 0 Å². The van der Waals surface area contributed by atoms with Gasteiger partial charge in [0.05, 0.1) is 10.0 Å². The number of carbonyl (C=O) groups excluding carboxylic acids is 1. The van der Waals surface area contributed by atoms with Gasteiger partial charge in [-0.3, -0.25) is 4.79 Å². The zero-order valence-electron chi connectivity index (χ0n) is 8.35. The second kappa shape index (κ2) is 5.27. The summed E-state index contributed by atoms with van der Waals surface area (Å²) in [7, 11) is 0. The van der Waals surface area contributed by atoms with Gasteiger partial charge in [0.1, 0.15) is 12.4 Å². The summed E-state index contributed by atoms with van der Waals surface area (Å²) in [6.07, 6.45) is 0.799. The minimum Gasteiger partial charge on any atom is -0.487 e. The number of para-hydroxylation sites is 1. The molecule has 1 heterocycles. The first kappa shape index (κ1) is 11.4. The van der Waals surface area contributed by atoms with Crippen LogP contribution in [0.1, 0.15) is 15.9 Å². The number of hydrogen-bond donors (Lipinski definition) is 0. The lowest BCUT2D eigenvalue weighted by atomic mass is 10.2. The fourth-order valence-corrected chi connectivity index (χ4v) is 2.45. The van der Waals surface area contributed by atoms with Gasteiger partial charge < -0.3 is 4.74 Å². The summed E-state index contributed by atoms with van der Waals surface area (Å²) in [5.74, 6) is 0.601. The maximum Gasteiger partial charge on any atom is 0.153 e. The predicted octanol–water partition coefficient (Wildman–Crippen LogP) is 3.90. The molecule has 0 saturated heterocycles. The van der Waals surface area contributed by atoms with E-state index in [2.05, 4.69) is 15.9 Å². The molecule has 4 heteroatoms. The zero-order chi connectivity index (χ0) is 11.4. The Morgan fingerprint density at radius 1 is 1.38 bits per heavy atom. The summed E-state index contributed by atoms with van der Waals surface area (Å²) in [5.41, 5.74) is 1.67. The van der Waals surface area contributed by atoms with Crippen molar-refractivity contribution < 1.29 is 9.53 Å². The standard InChI is InChI=1S/C12H9BrO2S/c13-11-3-1-2-10(6-14)12(11)15-7-9-4-5-16-8-9/h1-6,8H,7H2. The number of benzene rings is 1. The van der Waals surface area contributed by atoms with Gasteiger partial charge >= 0.3 is 0 Å². The van der Waals surface area contributed by atoms with Crippen LogP contribution in [0, 0.1) is 0 Å². The number of rotatable bonds is 4. The van der Waals surface area contributed by atoms with Crippen molar-refractivity contribution in [1.82, 2.24) is 0 Å². The van der Waals surface area contributed by atoms with E-state index in [1.54, 1.807) is 17.4 Å². The Bertz CT molecular complexity index is 480. The van der Waals surface area contributed by atoms with Crippen molar-refractivity contribution in [2.24, 2.45) is 0 Å². The summed E-state index contributed by atoms with van der Waals surface area (Å²) < 4.78 is 6.43. The fraction of sp³-hybridized carbons (Fsp3) is 0.0833. The van der Waals surface area contributed by atoms with E-state index in [9.17, 15) is 4.79 Å². The van der Waals surface area contributed by atoms with Crippen LogP contribution >= 0.6 is 27.3 Å². The van der Waals surface area contributed by atoms with Crippen LogP contribution in [0.3, 0.4) is 0 Å². The van der Waals surface area contributed by atoms with Crippen LogP contribution in [0.15, 0.2) is 39.5 Å². The second-order valence-electron chi connectivity index (χ2n) is 3.20. The van der Waals surface area contributed by atoms with E-state index in [-0.39, 0.29) is 0 Å². The minimum atomic E-state index is 0.479. The van der Waals surface area contributed by atoms with Gasteiger partial charge in [-0.15, -0.1) is 0 Å². The molecule has 0 amide bonds. The van der Waals surface area contributed by atoms with Gasteiger partial charge in [-0.2, -0.15) is 11.3 Å². The minimum absolute atomic E-state index is 0.479. The van der Waals surface area contributed by atoms with Crippen LogP contribution in [0.4, 0.5) is 0 Å². The van der Waals surface area contributed by atoms with Gasteiger partial charge in [-0.05, 0) is 50.5 Å². The largest absolute Gasteiger partial charge is 0.487 e. The first-order valence-corrected chi connectivity index (χ1v) is 6.42. The average molecular weight is 297 g/mol. The Kier molecular flexibility index (Phi) is 3.74. The number of thiophene rings is 1. The van der Waals surface area contributed by atoms with Crippen molar-refractivity contribution >= 4 is 33.6 Å². The van der Waals surface area contributed by atoms with E-state index in [0.717, 1.165) is 16.3 Å². The quantitative estimate of drug-likeness (QED) is 0.800. The molecule has 0 N–H and O–H groups in total. The molecular weight excluding hydrogens is 288 g/mol. The Balaban J connectivity index is 2.17. The molecule has 0 spiro atoms. The van der Waals surface area contributed by atoms with Crippen LogP contribution in [-0.2, 0) is 6.61 Å². The van der Waals surface area contributed by atoms with E-state index in [1.807, 2.05) is 29.0 Å². The molecule has 1 aromatic carbocycles. The van der Waals surface area contributed by atoms with Gasteiger partial charge in [0.15, 0.2) is 6.29 Å². The number of aldehydes is 1. The summed E-state index contributed by atoms with van der Waals surface area (Å²) in [4.78, 5) is 10.8. The van der Waals surface area contributed by atoms with Gasteiger partial charge in [-0.25, -0.2) is 0 Å². The van der Waals surface area contributed by atoms with Crippen LogP contribution in [0.5, 0.6) is 5.75 Å². The molecule has 0 aliphatic carbocycles. The molecule has 2 nitrogen and oxygen atoms in total. The monoisotopic (exact) mass is 296 g/mol. The van der Waals surface area contributed by atoms with Gasteiger partial charge in [0.25, 0.3) is 0 Å². The van der Waals surface area contributed by atoms with E-state index in [1.165, 1.54) is 0 Å². The van der Waals surface area contributed by atoms with Crippen molar-refractivity contribution in [2.75, 3.05) is 0 Å². The maximum atomic E-state index is 10.8. The smallest absolute Gasteiger partial charge is 0.153 e. The number of ether oxygens (including phenoxy) is 1. The Morgan fingerprint density at radius 2 is 2.25 bits per heavy atom. The van der Waals surface area contributed by atoms with Gasteiger partial charge in [0.2, 0.25) is 0 Å². The maximum absolute atomic E-state index is 10.8. The molecular formula is C12H9BrO2S. The lowest BCUT2D eigenvalue weighted by Gasteiger charge is -2.09. The highest BCUT2D eigenvalue weighted by Crippen LogP contribution is 2.28. The molecule has 0 fully saturated rings. The third-order valence-electron chi connectivity index (χ3n) is 2.09. The highest BCUT2D eigenvalue weighted by Gasteiger charge is 2.07. The van der Waals surface area contributed by atoms with Crippen LogP contribution in [-0.4, -0.2) is 6.29 Å². The third-order valence-corrected chi connectivity index (χ3v) is 3.44. The SMILES string of the molecule is O=Cc1cccc(Br)c1OCc1ccsc1. The Morgan fingerprint density at radius 3 is 2.94 bits per heavy atom. The van der Waals surface area contributed by atoms with E-state index in [4.69, 9.17) is 4.74 Å². The molecule has 1 aromatic heterocycles. The number of carbonyl (C=O) groups is 1. The van der Waals surface area contributed by atoms with Crippen LogP contribution in [0.2, 0.25) is 0 Å². The molecule has 2 rings (SSSR count). The van der Waals surface area contributed by atoms with Gasteiger partial charge in [0, 0.05) is 0 Å². The summed E-state index contributed by atoms with van der Waals surface area (Å²) >= 11 is 5.00. The first-order chi connectivity index (χ1) is 7.81. The molecule has 0 unspecified atom stereocenters. The number of halogens is 1. The molecule has 0 aliphatic heterocycles. The van der Waals surface area contributed by atoms with E-state index >= 15 is 0 Å². The average Bonchev–Trinajstić information content (AvgIpc) is 2.80. The summed E-state index contributed by atoms with van der Waals surface area (Å²) in [6, 6.07) is 7.41. The van der Waals surface area contributed by atoms with E-state index in [0.29, 0.717) is 17.9 Å². The molecule has 0 bridgehead atoms. The topological polar surface area (TPSA) is 26.3 Å². The van der Waals surface area contributed by atoms with Gasteiger partial charge in [-0.1, -0.05) is 6.07 Å².